The minimum absolute atomic E-state index is 0.0770. The van der Waals surface area contributed by atoms with Gasteiger partial charge in [0.25, 0.3) is 5.91 Å². The number of anilines is 1. The molecule has 162 valence electrons. The van der Waals surface area contributed by atoms with Crippen molar-refractivity contribution in [1.82, 2.24) is 5.32 Å². The molecular weight excluding hydrogens is 412 g/mol. The summed E-state index contributed by atoms with van der Waals surface area (Å²) in [6.07, 6.45) is 0.0770. The average molecular weight is 437 g/mol. The van der Waals surface area contributed by atoms with Gasteiger partial charge in [-0.05, 0) is 35.9 Å². The lowest BCUT2D eigenvalue weighted by molar-refractivity contribution is -0.115. The Morgan fingerprint density at radius 2 is 1.63 bits per heavy atom. The number of hydrogen-bond donors (Lipinski definition) is 2. The second kappa shape index (κ2) is 11.3. The highest BCUT2D eigenvalue weighted by atomic mass is 35.5. The third-order valence-corrected chi connectivity index (χ3v) is 4.49. The molecule has 0 heterocycles. The van der Waals surface area contributed by atoms with E-state index in [1.807, 2.05) is 0 Å². The summed E-state index contributed by atoms with van der Waals surface area (Å²) in [6.45, 7) is 0.775. The van der Waals surface area contributed by atoms with Gasteiger partial charge in [-0.2, -0.15) is 0 Å². The highest BCUT2D eigenvalue weighted by Crippen LogP contribution is 2.38. The predicted octanol–water partition coefficient (Wildman–Crippen LogP) is 2.92. The molecule has 0 unspecified atom stereocenters. The Morgan fingerprint density at radius 3 is 2.17 bits per heavy atom. The second-order valence-corrected chi connectivity index (χ2v) is 6.61. The zero-order valence-corrected chi connectivity index (χ0v) is 18.1. The summed E-state index contributed by atoms with van der Waals surface area (Å²) >= 11 is 6.20. The fourth-order valence-corrected chi connectivity index (χ4v) is 3.03. The number of rotatable bonds is 10. The quantitative estimate of drug-likeness (QED) is 0.556. The van der Waals surface area contributed by atoms with Crippen molar-refractivity contribution in [1.29, 1.82) is 0 Å². The number of carbonyl (C=O) groups is 2. The van der Waals surface area contributed by atoms with Crippen molar-refractivity contribution < 1.29 is 28.5 Å². The van der Waals surface area contributed by atoms with Gasteiger partial charge in [0.1, 0.15) is 0 Å². The van der Waals surface area contributed by atoms with Gasteiger partial charge in [0.15, 0.2) is 11.5 Å². The van der Waals surface area contributed by atoms with E-state index < -0.39 is 0 Å². The Morgan fingerprint density at radius 1 is 0.967 bits per heavy atom. The zero-order chi connectivity index (χ0) is 22.1. The summed E-state index contributed by atoms with van der Waals surface area (Å²) in [6, 6.07) is 8.12. The van der Waals surface area contributed by atoms with E-state index in [0.29, 0.717) is 47.2 Å². The maximum atomic E-state index is 12.5. The molecule has 0 fully saturated rings. The molecule has 2 aromatic carbocycles. The normalized spacial score (nSPS) is 10.3. The van der Waals surface area contributed by atoms with Crippen LogP contribution in [0.1, 0.15) is 15.9 Å². The molecule has 30 heavy (non-hydrogen) atoms. The maximum Gasteiger partial charge on any atom is 0.252 e. The van der Waals surface area contributed by atoms with Crippen LogP contribution in [0.5, 0.6) is 17.2 Å². The second-order valence-electron chi connectivity index (χ2n) is 6.20. The highest BCUT2D eigenvalue weighted by molar-refractivity contribution is 6.34. The first kappa shape index (κ1) is 23.3. The molecule has 0 atom stereocenters. The van der Waals surface area contributed by atoms with Crippen LogP contribution in [0.25, 0.3) is 0 Å². The Balaban J connectivity index is 2.08. The maximum absolute atomic E-state index is 12.5. The smallest absolute Gasteiger partial charge is 0.252 e. The molecule has 0 spiro atoms. The molecule has 9 heteroatoms. The molecule has 2 N–H and O–H groups in total. The molecular formula is C21H25ClN2O6. The minimum Gasteiger partial charge on any atom is -0.493 e. The van der Waals surface area contributed by atoms with Crippen molar-refractivity contribution in [3.8, 4) is 17.2 Å². The number of halogens is 1. The molecule has 2 amide bonds. The van der Waals surface area contributed by atoms with Gasteiger partial charge in [0.2, 0.25) is 11.7 Å². The Bertz CT molecular complexity index is 878. The van der Waals surface area contributed by atoms with Crippen molar-refractivity contribution in [2.45, 2.75) is 6.42 Å². The lowest BCUT2D eigenvalue weighted by atomic mass is 10.1. The van der Waals surface area contributed by atoms with Gasteiger partial charge in [-0.25, -0.2) is 0 Å². The van der Waals surface area contributed by atoms with E-state index in [-0.39, 0.29) is 23.3 Å². The molecule has 2 rings (SSSR count). The number of ether oxygens (including phenoxy) is 4. The molecule has 0 radical (unpaired) electrons. The molecule has 0 bridgehead atoms. The zero-order valence-electron chi connectivity index (χ0n) is 17.3. The first-order valence-electron chi connectivity index (χ1n) is 9.08. The van der Waals surface area contributed by atoms with Crippen LogP contribution >= 0.6 is 11.6 Å². The van der Waals surface area contributed by atoms with Crippen LogP contribution in [-0.4, -0.2) is 53.4 Å². The first-order chi connectivity index (χ1) is 14.4. The highest BCUT2D eigenvalue weighted by Gasteiger charge is 2.16. The summed E-state index contributed by atoms with van der Waals surface area (Å²) in [4.78, 5) is 24.6. The standard InChI is InChI=1S/C21H25ClN2O6/c1-27-8-7-23-21(26)15-6-5-14(12-16(15)22)24-19(25)11-13-9-17(28-2)20(30-4)18(10-13)29-3/h5-6,9-10,12H,7-8,11H2,1-4H3,(H,23,26)(H,24,25). The SMILES string of the molecule is COCCNC(=O)c1ccc(NC(=O)Cc2cc(OC)c(OC)c(OC)c2)cc1Cl. The van der Waals surface area contributed by atoms with Gasteiger partial charge < -0.3 is 29.6 Å². The van der Waals surface area contributed by atoms with Crippen molar-refractivity contribution >= 4 is 29.1 Å². The number of methoxy groups -OCH3 is 4. The van der Waals surface area contributed by atoms with Gasteiger partial charge in [-0.15, -0.1) is 0 Å². The molecule has 0 aliphatic heterocycles. The molecule has 0 aliphatic rings. The van der Waals surface area contributed by atoms with Crippen LogP contribution in [0.4, 0.5) is 5.69 Å². The van der Waals surface area contributed by atoms with Crippen molar-refractivity contribution in [2.24, 2.45) is 0 Å². The van der Waals surface area contributed by atoms with E-state index in [2.05, 4.69) is 10.6 Å². The lowest BCUT2D eigenvalue weighted by Gasteiger charge is -2.14. The van der Waals surface area contributed by atoms with Crippen LogP contribution < -0.4 is 24.8 Å². The summed E-state index contributed by atoms with van der Waals surface area (Å²) in [5, 5.41) is 5.69. The van der Waals surface area contributed by atoms with Crippen LogP contribution in [0.2, 0.25) is 5.02 Å². The largest absolute Gasteiger partial charge is 0.493 e. The van der Waals surface area contributed by atoms with E-state index >= 15 is 0 Å². The summed E-state index contributed by atoms with van der Waals surface area (Å²) in [7, 11) is 6.08. The summed E-state index contributed by atoms with van der Waals surface area (Å²) in [5.74, 6) is 0.804. The van der Waals surface area contributed by atoms with Gasteiger partial charge >= 0.3 is 0 Å². The number of benzene rings is 2. The topological polar surface area (TPSA) is 95.1 Å². The Hall–Kier alpha value is -2.97. The van der Waals surface area contributed by atoms with Gasteiger partial charge in [0, 0.05) is 19.3 Å². The van der Waals surface area contributed by atoms with E-state index in [9.17, 15) is 9.59 Å². The van der Waals surface area contributed by atoms with Crippen LogP contribution in [-0.2, 0) is 16.0 Å². The third kappa shape index (κ3) is 6.01. The Kier molecular flexibility index (Phi) is 8.76. The van der Waals surface area contributed by atoms with E-state index in [1.54, 1.807) is 31.4 Å². The van der Waals surface area contributed by atoms with E-state index in [1.165, 1.54) is 27.4 Å². The van der Waals surface area contributed by atoms with Crippen LogP contribution in [0, 0.1) is 0 Å². The molecule has 0 saturated carbocycles. The Labute approximate surface area is 180 Å². The number of nitrogens with one attached hydrogen (secondary N) is 2. The summed E-state index contributed by atoms with van der Waals surface area (Å²) < 4.78 is 20.8. The van der Waals surface area contributed by atoms with Crippen LogP contribution in [0.15, 0.2) is 30.3 Å². The fraction of sp³-hybridized carbons (Fsp3) is 0.333. The van der Waals surface area contributed by atoms with E-state index in [0.717, 1.165) is 0 Å². The molecule has 0 aliphatic carbocycles. The van der Waals surface area contributed by atoms with Gasteiger partial charge in [0.05, 0.1) is 44.9 Å². The van der Waals surface area contributed by atoms with Crippen molar-refractivity contribution in [2.75, 3.05) is 46.9 Å². The molecule has 8 nitrogen and oxygen atoms in total. The number of carbonyl (C=O) groups excluding carboxylic acids is 2. The van der Waals surface area contributed by atoms with Crippen molar-refractivity contribution in [3.63, 3.8) is 0 Å². The van der Waals surface area contributed by atoms with E-state index in [4.69, 9.17) is 30.5 Å². The average Bonchev–Trinajstić information content (AvgIpc) is 2.72. The lowest BCUT2D eigenvalue weighted by Crippen LogP contribution is -2.27. The number of amides is 2. The molecule has 0 aromatic heterocycles. The van der Waals surface area contributed by atoms with Gasteiger partial charge in [-0.1, -0.05) is 11.6 Å². The monoisotopic (exact) mass is 436 g/mol. The van der Waals surface area contributed by atoms with Crippen LogP contribution in [0.3, 0.4) is 0 Å². The molecule has 0 saturated heterocycles. The number of hydrogen-bond acceptors (Lipinski definition) is 6. The first-order valence-corrected chi connectivity index (χ1v) is 9.46. The predicted molar refractivity (Wildman–Crippen MR) is 114 cm³/mol. The summed E-state index contributed by atoms with van der Waals surface area (Å²) in [5.41, 5.74) is 1.48. The molecule has 2 aromatic rings. The van der Waals surface area contributed by atoms with Crippen molar-refractivity contribution in [3.05, 3.63) is 46.5 Å². The fourth-order valence-electron chi connectivity index (χ4n) is 2.77. The third-order valence-electron chi connectivity index (χ3n) is 4.18. The minimum atomic E-state index is -0.313. The van der Waals surface area contributed by atoms with Gasteiger partial charge in [-0.3, -0.25) is 9.59 Å².